The molecule has 0 radical (unpaired) electrons. The first kappa shape index (κ1) is 11.0. The predicted molar refractivity (Wildman–Crippen MR) is 72.2 cm³/mol. The molecule has 0 atom stereocenters. The molecule has 0 saturated heterocycles. The van der Waals surface area contributed by atoms with Crippen molar-refractivity contribution >= 4 is 10.8 Å². The van der Waals surface area contributed by atoms with Gasteiger partial charge in [0.05, 0.1) is 6.54 Å². The Kier molecular flexibility index (Phi) is 2.82. The molecule has 2 aromatic heterocycles. The molecule has 18 heavy (non-hydrogen) atoms. The molecule has 3 rings (SSSR count). The third-order valence-corrected chi connectivity index (χ3v) is 2.96. The van der Waals surface area contributed by atoms with E-state index in [1.807, 2.05) is 37.5 Å². The molecule has 90 valence electrons. The quantitative estimate of drug-likeness (QED) is 0.761. The highest BCUT2D eigenvalue weighted by Gasteiger charge is 2.07. The first-order valence-electron chi connectivity index (χ1n) is 5.95. The number of pyridine rings is 1. The summed E-state index contributed by atoms with van der Waals surface area (Å²) in [6.45, 7) is 0.739. The number of hydrogen-bond acceptors (Lipinski definition) is 3. The molecule has 2 heterocycles. The Bertz CT molecular complexity index is 668. The second kappa shape index (κ2) is 4.63. The number of nitrogens with one attached hydrogen (secondary N) is 1. The van der Waals surface area contributed by atoms with Crippen molar-refractivity contribution in [3.05, 3.63) is 54.6 Å². The molecule has 0 aliphatic carbocycles. The van der Waals surface area contributed by atoms with Gasteiger partial charge in [0.25, 0.3) is 0 Å². The smallest absolute Gasteiger partial charge is 0.135 e. The molecule has 0 unspecified atom stereocenters. The van der Waals surface area contributed by atoms with Crippen LogP contribution in [-0.2, 0) is 6.54 Å². The first-order valence-corrected chi connectivity index (χ1v) is 5.95. The third kappa shape index (κ3) is 1.89. The second-order valence-electron chi connectivity index (χ2n) is 4.20. The van der Waals surface area contributed by atoms with E-state index < -0.39 is 0 Å². The minimum Gasteiger partial charge on any atom is -0.460 e. The van der Waals surface area contributed by atoms with Gasteiger partial charge in [-0.2, -0.15) is 0 Å². The molecule has 0 spiro atoms. The highest BCUT2D eigenvalue weighted by molar-refractivity contribution is 5.94. The zero-order valence-electron chi connectivity index (χ0n) is 10.2. The fourth-order valence-corrected chi connectivity index (χ4v) is 2.12. The van der Waals surface area contributed by atoms with Gasteiger partial charge in [-0.05, 0) is 30.6 Å². The zero-order chi connectivity index (χ0) is 12.4. The standard InChI is InChI=1S/C15H14N2O/c1-16-9-12-5-6-15(18-12)13-4-2-3-11-7-8-17-10-14(11)13/h2-8,10,16H,9H2,1H3. The Labute approximate surface area is 105 Å². The summed E-state index contributed by atoms with van der Waals surface area (Å²) >= 11 is 0. The number of rotatable bonds is 3. The summed E-state index contributed by atoms with van der Waals surface area (Å²) in [5.74, 6) is 1.83. The highest BCUT2D eigenvalue weighted by atomic mass is 16.3. The second-order valence-corrected chi connectivity index (χ2v) is 4.20. The maximum absolute atomic E-state index is 5.83. The molecule has 3 heteroatoms. The van der Waals surface area contributed by atoms with Gasteiger partial charge in [-0.1, -0.05) is 18.2 Å². The van der Waals surface area contributed by atoms with E-state index in [1.165, 1.54) is 5.39 Å². The largest absolute Gasteiger partial charge is 0.460 e. The topological polar surface area (TPSA) is 38.1 Å². The Hall–Kier alpha value is -2.13. The van der Waals surface area contributed by atoms with Gasteiger partial charge in [-0.25, -0.2) is 0 Å². The molecule has 3 aromatic rings. The van der Waals surface area contributed by atoms with Gasteiger partial charge in [0, 0.05) is 23.3 Å². The van der Waals surface area contributed by atoms with Crippen molar-refractivity contribution in [2.24, 2.45) is 0 Å². The van der Waals surface area contributed by atoms with Crippen molar-refractivity contribution in [1.82, 2.24) is 10.3 Å². The SMILES string of the molecule is CNCc1ccc(-c2cccc3ccncc23)o1. The predicted octanol–water partition coefficient (Wildman–Crippen LogP) is 3.21. The monoisotopic (exact) mass is 238 g/mol. The van der Waals surface area contributed by atoms with Gasteiger partial charge in [-0.15, -0.1) is 0 Å². The van der Waals surface area contributed by atoms with E-state index in [1.54, 1.807) is 6.20 Å². The Morgan fingerprint density at radius 2 is 2.11 bits per heavy atom. The van der Waals surface area contributed by atoms with Crippen LogP contribution in [0.15, 0.2) is 53.2 Å². The molecule has 0 fully saturated rings. The highest BCUT2D eigenvalue weighted by Crippen LogP contribution is 2.29. The molecule has 1 aromatic carbocycles. The van der Waals surface area contributed by atoms with Crippen LogP contribution in [0.2, 0.25) is 0 Å². The van der Waals surface area contributed by atoms with Gasteiger partial charge in [0.1, 0.15) is 11.5 Å². The summed E-state index contributed by atoms with van der Waals surface area (Å²) in [6.07, 6.45) is 3.69. The lowest BCUT2D eigenvalue weighted by atomic mass is 10.1. The van der Waals surface area contributed by atoms with Crippen molar-refractivity contribution in [3.63, 3.8) is 0 Å². The van der Waals surface area contributed by atoms with Crippen LogP contribution in [0.3, 0.4) is 0 Å². The summed E-state index contributed by atoms with van der Waals surface area (Å²) in [5.41, 5.74) is 1.09. The summed E-state index contributed by atoms with van der Waals surface area (Å²) in [7, 11) is 1.91. The molecular formula is C15H14N2O. The van der Waals surface area contributed by atoms with E-state index in [0.717, 1.165) is 29.0 Å². The molecule has 0 aliphatic rings. The first-order chi connectivity index (χ1) is 8.88. The lowest BCUT2D eigenvalue weighted by molar-refractivity contribution is 0.507. The Balaban J connectivity index is 2.12. The summed E-state index contributed by atoms with van der Waals surface area (Å²) < 4.78 is 5.83. The minimum absolute atomic E-state index is 0.739. The van der Waals surface area contributed by atoms with Crippen molar-refractivity contribution < 1.29 is 4.42 Å². The molecular weight excluding hydrogens is 224 g/mol. The van der Waals surface area contributed by atoms with Crippen molar-refractivity contribution in [2.45, 2.75) is 6.54 Å². The average Bonchev–Trinajstić information content (AvgIpc) is 2.87. The van der Waals surface area contributed by atoms with E-state index >= 15 is 0 Å². The number of hydrogen-bond donors (Lipinski definition) is 1. The fourth-order valence-electron chi connectivity index (χ4n) is 2.12. The third-order valence-electron chi connectivity index (χ3n) is 2.96. The lowest BCUT2D eigenvalue weighted by Gasteiger charge is -2.03. The lowest BCUT2D eigenvalue weighted by Crippen LogP contribution is -2.03. The summed E-state index contributed by atoms with van der Waals surface area (Å²) in [4.78, 5) is 4.19. The minimum atomic E-state index is 0.739. The van der Waals surface area contributed by atoms with Crippen molar-refractivity contribution in [3.8, 4) is 11.3 Å². The van der Waals surface area contributed by atoms with Crippen molar-refractivity contribution in [1.29, 1.82) is 0 Å². The van der Waals surface area contributed by atoms with Gasteiger partial charge in [-0.3, -0.25) is 4.98 Å². The van der Waals surface area contributed by atoms with Crippen LogP contribution in [0.5, 0.6) is 0 Å². The van der Waals surface area contributed by atoms with Gasteiger partial charge in [0.15, 0.2) is 0 Å². The van der Waals surface area contributed by atoms with E-state index in [4.69, 9.17) is 4.42 Å². The molecule has 0 bridgehead atoms. The maximum atomic E-state index is 5.83. The molecule has 0 amide bonds. The van der Waals surface area contributed by atoms with Crippen LogP contribution in [0, 0.1) is 0 Å². The Morgan fingerprint density at radius 3 is 3.00 bits per heavy atom. The van der Waals surface area contributed by atoms with Crippen LogP contribution >= 0.6 is 0 Å². The molecule has 0 saturated carbocycles. The fraction of sp³-hybridized carbons (Fsp3) is 0.133. The summed E-state index contributed by atoms with van der Waals surface area (Å²) in [6, 6.07) is 12.2. The maximum Gasteiger partial charge on any atom is 0.135 e. The number of furan rings is 1. The average molecular weight is 238 g/mol. The summed E-state index contributed by atoms with van der Waals surface area (Å²) in [5, 5.41) is 5.37. The molecule has 3 nitrogen and oxygen atoms in total. The van der Waals surface area contributed by atoms with E-state index in [-0.39, 0.29) is 0 Å². The number of fused-ring (bicyclic) bond motifs is 1. The Morgan fingerprint density at radius 1 is 1.17 bits per heavy atom. The normalized spacial score (nSPS) is 10.9. The number of nitrogens with zero attached hydrogens (tertiary/aromatic N) is 1. The number of aromatic nitrogens is 1. The number of benzene rings is 1. The van der Waals surface area contributed by atoms with Gasteiger partial charge >= 0.3 is 0 Å². The van der Waals surface area contributed by atoms with Gasteiger partial charge in [0.2, 0.25) is 0 Å². The van der Waals surface area contributed by atoms with E-state index in [2.05, 4.69) is 22.4 Å². The van der Waals surface area contributed by atoms with E-state index in [0.29, 0.717) is 0 Å². The zero-order valence-corrected chi connectivity index (χ0v) is 10.2. The molecule has 1 N–H and O–H groups in total. The van der Waals surface area contributed by atoms with Crippen LogP contribution in [0.1, 0.15) is 5.76 Å². The van der Waals surface area contributed by atoms with Crippen LogP contribution in [-0.4, -0.2) is 12.0 Å². The van der Waals surface area contributed by atoms with E-state index in [9.17, 15) is 0 Å². The van der Waals surface area contributed by atoms with Crippen LogP contribution in [0.4, 0.5) is 0 Å². The van der Waals surface area contributed by atoms with Crippen molar-refractivity contribution in [2.75, 3.05) is 7.05 Å². The molecule has 0 aliphatic heterocycles. The van der Waals surface area contributed by atoms with Gasteiger partial charge < -0.3 is 9.73 Å². The van der Waals surface area contributed by atoms with Crippen LogP contribution in [0.25, 0.3) is 22.1 Å². The van der Waals surface area contributed by atoms with Crippen LogP contribution < -0.4 is 5.32 Å².